The molecule has 1 fully saturated rings. The SMILES string of the molecule is Cc1cn([C@H]2C[C@H](Oc3nc4ccccc4[nH]3)[C@@H](CO[Si](C)(C)C(C)(C)C)O2)c(=O)[nH]c1=O. The summed E-state index contributed by atoms with van der Waals surface area (Å²) < 4.78 is 20.3. The Morgan fingerprint density at radius 1 is 1.21 bits per heavy atom. The third kappa shape index (κ3) is 4.82. The number of hydrogen-bond acceptors (Lipinski definition) is 6. The highest BCUT2D eigenvalue weighted by molar-refractivity contribution is 6.74. The molecule has 1 aromatic carbocycles. The van der Waals surface area contributed by atoms with Gasteiger partial charge in [-0.3, -0.25) is 14.3 Å². The Balaban J connectivity index is 1.60. The largest absolute Gasteiger partial charge is 0.458 e. The number of hydrogen-bond donors (Lipinski definition) is 2. The van der Waals surface area contributed by atoms with Crippen LogP contribution in [0.25, 0.3) is 11.0 Å². The molecule has 0 aliphatic carbocycles. The van der Waals surface area contributed by atoms with Crippen molar-refractivity contribution in [3.63, 3.8) is 0 Å². The van der Waals surface area contributed by atoms with Gasteiger partial charge in [0.2, 0.25) is 0 Å². The molecule has 10 heteroatoms. The van der Waals surface area contributed by atoms with Gasteiger partial charge in [-0.1, -0.05) is 32.9 Å². The number of nitrogens with zero attached hydrogens (tertiary/aromatic N) is 2. The number of H-pyrrole nitrogens is 2. The Morgan fingerprint density at radius 3 is 2.64 bits per heavy atom. The maximum Gasteiger partial charge on any atom is 0.330 e. The summed E-state index contributed by atoms with van der Waals surface area (Å²) in [5.41, 5.74) is 1.22. The minimum atomic E-state index is -2.02. The Bertz CT molecular complexity index is 1220. The Morgan fingerprint density at radius 2 is 1.94 bits per heavy atom. The van der Waals surface area contributed by atoms with E-state index in [0.29, 0.717) is 24.6 Å². The van der Waals surface area contributed by atoms with Crippen molar-refractivity contribution < 1.29 is 13.9 Å². The minimum absolute atomic E-state index is 0.0487. The van der Waals surface area contributed by atoms with Crippen LogP contribution in [0.3, 0.4) is 0 Å². The summed E-state index contributed by atoms with van der Waals surface area (Å²) in [6.07, 6.45) is 0.557. The van der Waals surface area contributed by atoms with Gasteiger partial charge < -0.3 is 18.9 Å². The Labute approximate surface area is 193 Å². The molecule has 0 spiro atoms. The molecule has 1 aliphatic rings. The first kappa shape index (κ1) is 23.5. The summed E-state index contributed by atoms with van der Waals surface area (Å²) in [7, 11) is -2.02. The standard InChI is InChI=1S/C23H32N4O5Si/c1-14-12-27(22(29)26-20(14)28)19-11-17(18(31-19)13-30-33(5,6)23(2,3)4)32-21-24-15-9-7-8-10-16(15)25-21/h7-10,12,17-19H,11,13H2,1-6H3,(H,24,25)(H,26,28,29)/t17-,18+,19+/m0/s1. The summed E-state index contributed by atoms with van der Waals surface area (Å²) >= 11 is 0. The van der Waals surface area contributed by atoms with Crippen molar-refractivity contribution in [2.45, 2.75) is 70.7 Å². The summed E-state index contributed by atoms with van der Waals surface area (Å²) in [6.45, 7) is 12.9. The van der Waals surface area contributed by atoms with Gasteiger partial charge in [0.15, 0.2) is 8.32 Å². The van der Waals surface area contributed by atoms with Crippen LogP contribution in [-0.4, -0.2) is 46.7 Å². The minimum Gasteiger partial charge on any atom is -0.458 e. The van der Waals surface area contributed by atoms with Crippen molar-refractivity contribution in [3.8, 4) is 6.01 Å². The number of aromatic amines is 2. The maximum absolute atomic E-state index is 12.5. The van der Waals surface area contributed by atoms with E-state index in [2.05, 4.69) is 48.8 Å². The van der Waals surface area contributed by atoms with E-state index in [0.717, 1.165) is 11.0 Å². The van der Waals surface area contributed by atoms with Crippen molar-refractivity contribution in [1.82, 2.24) is 19.5 Å². The lowest BCUT2D eigenvalue weighted by Gasteiger charge is -2.37. The third-order valence-electron chi connectivity index (χ3n) is 6.68. The molecule has 3 heterocycles. The Kier molecular flexibility index (Phi) is 6.10. The first-order valence-corrected chi connectivity index (χ1v) is 14.1. The fraction of sp³-hybridized carbons (Fsp3) is 0.522. The van der Waals surface area contributed by atoms with E-state index in [9.17, 15) is 9.59 Å². The molecule has 0 amide bonds. The average molecular weight is 473 g/mol. The van der Waals surface area contributed by atoms with Crippen LogP contribution in [0.4, 0.5) is 0 Å². The van der Waals surface area contributed by atoms with E-state index in [4.69, 9.17) is 13.9 Å². The van der Waals surface area contributed by atoms with Crippen LogP contribution in [0.2, 0.25) is 18.1 Å². The summed E-state index contributed by atoms with van der Waals surface area (Å²) in [6, 6.07) is 8.09. The van der Waals surface area contributed by atoms with Gasteiger partial charge in [-0.2, -0.15) is 4.98 Å². The van der Waals surface area contributed by atoms with E-state index >= 15 is 0 Å². The van der Waals surface area contributed by atoms with Crippen LogP contribution in [-0.2, 0) is 9.16 Å². The molecule has 0 radical (unpaired) electrons. The zero-order valence-corrected chi connectivity index (χ0v) is 21.0. The number of aromatic nitrogens is 4. The monoisotopic (exact) mass is 472 g/mol. The van der Waals surface area contributed by atoms with Gasteiger partial charge >= 0.3 is 5.69 Å². The van der Waals surface area contributed by atoms with Crippen LogP contribution < -0.4 is 16.0 Å². The van der Waals surface area contributed by atoms with Gasteiger partial charge in [0.1, 0.15) is 18.4 Å². The molecule has 3 aromatic rings. The third-order valence-corrected chi connectivity index (χ3v) is 11.2. The molecule has 3 atom stereocenters. The van der Waals surface area contributed by atoms with Gasteiger partial charge in [0.05, 0.1) is 17.6 Å². The second-order valence-corrected chi connectivity index (χ2v) is 14.9. The molecular formula is C23H32N4O5Si. The van der Waals surface area contributed by atoms with Crippen molar-refractivity contribution in [3.05, 3.63) is 56.9 Å². The van der Waals surface area contributed by atoms with E-state index in [1.165, 1.54) is 10.8 Å². The average Bonchev–Trinajstić information content (AvgIpc) is 3.32. The fourth-order valence-electron chi connectivity index (χ4n) is 3.58. The molecule has 2 aromatic heterocycles. The first-order valence-electron chi connectivity index (χ1n) is 11.2. The predicted molar refractivity (Wildman–Crippen MR) is 128 cm³/mol. The van der Waals surface area contributed by atoms with Crippen molar-refractivity contribution in [1.29, 1.82) is 0 Å². The number of imidazole rings is 1. The fourth-order valence-corrected chi connectivity index (χ4v) is 4.59. The molecule has 0 bridgehead atoms. The number of ether oxygens (including phenoxy) is 2. The second kappa shape index (κ2) is 8.58. The molecular weight excluding hydrogens is 440 g/mol. The highest BCUT2D eigenvalue weighted by Crippen LogP contribution is 2.38. The van der Waals surface area contributed by atoms with Gasteiger partial charge in [-0.05, 0) is 37.2 Å². The van der Waals surface area contributed by atoms with E-state index in [1.54, 1.807) is 6.92 Å². The van der Waals surface area contributed by atoms with E-state index < -0.39 is 31.9 Å². The smallest absolute Gasteiger partial charge is 0.330 e. The van der Waals surface area contributed by atoms with Crippen molar-refractivity contribution >= 4 is 19.4 Å². The van der Waals surface area contributed by atoms with Crippen molar-refractivity contribution in [2.24, 2.45) is 0 Å². The second-order valence-electron chi connectivity index (χ2n) is 10.1. The maximum atomic E-state index is 12.5. The number of para-hydroxylation sites is 2. The predicted octanol–water partition coefficient (Wildman–Crippen LogP) is 3.48. The molecule has 1 saturated heterocycles. The summed E-state index contributed by atoms with van der Waals surface area (Å²) in [5.74, 6) is 0. The topological polar surface area (TPSA) is 111 Å². The van der Waals surface area contributed by atoms with Crippen LogP contribution in [0, 0.1) is 6.92 Å². The molecule has 0 unspecified atom stereocenters. The van der Waals surface area contributed by atoms with Crippen LogP contribution >= 0.6 is 0 Å². The highest BCUT2D eigenvalue weighted by atomic mass is 28.4. The summed E-state index contributed by atoms with van der Waals surface area (Å²) in [4.78, 5) is 34.3. The first-order chi connectivity index (χ1) is 15.4. The van der Waals surface area contributed by atoms with Gasteiger partial charge in [0.25, 0.3) is 11.6 Å². The zero-order chi connectivity index (χ0) is 24.0. The molecule has 1 aliphatic heterocycles. The van der Waals surface area contributed by atoms with Crippen LogP contribution in [0.5, 0.6) is 6.01 Å². The molecule has 9 nitrogen and oxygen atoms in total. The number of benzene rings is 1. The highest BCUT2D eigenvalue weighted by Gasteiger charge is 2.43. The van der Waals surface area contributed by atoms with Gasteiger partial charge in [-0.15, -0.1) is 0 Å². The Hall–Kier alpha value is -2.69. The van der Waals surface area contributed by atoms with E-state index in [-0.39, 0.29) is 11.1 Å². The van der Waals surface area contributed by atoms with Crippen LogP contribution in [0.15, 0.2) is 40.1 Å². The lowest BCUT2D eigenvalue weighted by Crippen LogP contribution is -2.44. The molecule has 178 valence electrons. The number of fused-ring (bicyclic) bond motifs is 1. The summed E-state index contributed by atoms with van der Waals surface area (Å²) in [5, 5.41) is 0.0487. The number of aryl methyl sites for hydroxylation is 1. The molecule has 4 rings (SSSR count). The van der Waals surface area contributed by atoms with Gasteiger partial charge in [0, 0.05) is 18.2 Å². The number of nitrogens with one attached hydrogen (secondary N) is 2. The van der Waals surface area contributed by atoms with E-state index in [1.807, 2.05) is 24.3 Å². The van der Waals surface area contributed by atoms with Crippen LogP contribution in [0.1, 0.15) is 39.0 Å². The normalized spacial score (nSPS) is 21.6. The lowest BCUT2D eigenvalue weighted by molar-refractivity contribution is -0.0404. The molecule has 0 saturated carbocycles. The molecule has 2 N–H and O–H groups in total. The quantitative estimate of drug-likeness (QED) is 0.532. The zero-order valence-electron chi connectivity index (χ0n) is 20.0. The lowest BCUT2D eigenvalue weighted by atomic mass is 10.2. The van der Waals surface area contributed by atoms with Crippen molar-refractivity contribution in [2.75, 3.05) is 6.61 Å². The number of rotatable bonds is 6. The van der Waals surface area contributed by atoms with Gasteiger partial charge in [-0.25, -0.2) is 4.79 Å². The molecule has 33 heavy (non-hydrogen) atoms.